The molecule has 0 saturated heterocycles. The normalized spacial score (nSPS) is 16.1. The molecule has 1 saturated carbocycles. The highest BCUT2D eigenvalue weighted by Gasteiger charge is 2.46. The van der Waals surface area contributed by atoms with Crippen molar-refractivity contribution in [3.05, 3.63) is 62.5 Å². The first-order chi connectivity index (χ1) is 14.3. The smallest absolute Gasteiger partial charge is 0.267 e. The number of anilines is 1. The number of alkyl halides is 3. The van der Waals surface area contributed by atoms with Gasteiger partial charge < -0.3 is 9.88 Å². The number of nitrogens with zero attached hydrogens (tertiary/aromatic N) is 3. The molecule has 1 N–H and O–H groups in total. The van der Waals surface area contributed by atoms with E-state index in [1.807, 2.05) is 0 Å². The van der Waals surface area contributed by atoms with Crippen LogP contribution in [-0.2, 0) is 5.54 Å². The van der Waals surface area contributed by atoms with Gasteiger partial charge in [-0.05, 0) is 35.7 Å². The molecular weight excluding hydrogens is 468 g/mol. The number of fused-ring (bicyclic) bond motifs is 1. The zero-order valence-corrected chi connectivity index (χ0v) is 17.4. The maximum absolute atomic E-state index is 14.5. The van der Waals surface area contributed by atoms with Crippen molar-refractivity contribution in [1.29, 1.82) is 0 Å². The van der Waals surface area contributed by atoms with E-state index in [9.17, 15) is 22.4 Å². The van der Waals surface area contributed by atoms with E-state index in [0.29, 0.717) is 23.7 Å². The van der Waals surface area contributed by atoms with Crippen LogP contribution in [0.25, 0.3) is 10.9 Å². The molecule has 0 bridgehead atoms. The van der Waals surface area contributed by atoms with Crippen molar-refractivity contribution < 1.29 is 17.6 Å². The second-order valence-corrected chi connectivity index (χ2v) is 8.17. The second-order valence-electron chi connectivity index (χ2n) is 7.38. The molecule has 0 amide bonds. The quantitative estimate of drug-likeness (QED) is 0.484. The van der Waals surface area contributed by atoms with Crippen LogP contribution in [0.15, 0.2) is 40.0 Å². The lowest BCUT2D eigenvalue weighted by molar-refractivity contribution is 0.146. The van der Waals surface area contributed by atoms with Crippen molar-refractivity contribution in [2.75, 3.05) is 12.0 Å². The van der Waals surface area contributed by atoms with E-state index in [2.05, 4.69) is 31.2 Å². The first kappa shape index (κ1) is 20.8. The van der Waals surface area contributed by atoms with Crippen LogP contribution in [-0.4, -0.2) is 21.2 Å². The minimum absolute atomic E-state index is 0.0503. The molecule has 1 fully saturated rings. The third kappa shape index (κ3) is 3.36. The van der Waals surface area contributed by atoms with Gasteiger partial charge in [0.05, 0.1) is 28.0 Å². The van der Waals surface area contributed by atoms with E-state index >= 15 is 0 Å². The van der Waals surface area contributed by atoms with Crippen LogP contribution in [0, 0.1) is 5.82 Å². The molecule has 1 aliphatic rings. The van der Waals surface area contributed by atoms with Crippen LogP contribution < -0.4 is 10.9 Å². The number of benzene rings is 1. The van der Waals surface area contributed by atoms with E-state index in [-0.39, 0.29) is 15.9 Å². The number of hydrogen-bond donors (Lipinski definition) is 1. The van der Waals surface area contributed by atoms with Crippen molar-refractivity contribution in [3.8, 4) is 0 Å². The Bertz CT molecular complexity index is 1180. The fourth-order valence-corrected chi connectivity index (χ4v) is 4.00. The lowest BCUT2D eigenvalue weighted by Gasteiger charge is -2.20. The number of nitrogens with one attached hydrogen (secondary N) is 1. The lowest BCUT2D eigenvalue weighted by Crippen LogP contribution is -2.32. The van der Waals surface area contributed by atoms with Gasteiger partial charge in [0.15, 0.2) is 0 Å². The van der Waals surface area contributed by atoms with Gasteiger partial charge in [0.25, 0.3) is 12.0 Å². The minimum Gasteiger partial charge on any atom is -0.363 e. The third-order valence-corrected chi connectivity index (χ3v) is 6.17. The molecule has 1 atom stereocenters. The van der Waals surface area contributed by atoms with Gasteiger partial charge in [0.2, 0.25) is 0 Å². The topological polar surface area (TPSA) is 59.8 Å². The summed E-state index contributed by atoms with van der Waals surface area (Å²) >= 11 is 3.25. The van der Waals surface area contributed by atoms with Gasteiger partial charge in [-0.1, -0.05) is 18.2 Å². The van der Waals surface area contributed by atoms with E-state index in [1.165, 1.54) is 29.2 Å². The SMILES string of the molecule is C[C@@H](Nc1ncnc2c(Br)c(=O)n(C3(CF)CC3)cc12)c1cccc(C(F)F)c1F. The van der Waals surface area contributed by atoms with Gasteiger partial charge in [-0.25, -0.2) is 27.5 Å². The maximum atomic E-state index is 14.5. The van der Waals surface area contributed by atoms with Gasteiger partial charge in [0, 0.05) is 11.8 Å². The molecule has 2 aromatic heterocycles. The summed E-state index contributed by atoms with van der Waals surface area (Å²) in [5, 5.41) is 3.44. The van der Waals surface area contributed by atoms with Crippen LogP contribution >= 0.6 is 15.9 Å². The van der Waals surface area contributed by atoms with Gasteiger partial charge >= 0.3 is 0 Å². The molecule has 5 nitrogen and oxygen atoms in total. The van der Waals surface area contributed by atoms with Gasteiger partial charge in [0.1, 0.15) is 29.1 Å². The van der Waals surface area contributed by atoms with Crippen LogP contribution in [0.4, 0.5) is 23.4 Å². The van der Waals surface area contributed by atoms with E-state index < -0.39 is 41.6 Å². The molecule has 0 spiro atoms. The zero-order chi connectivity index (χ0) is 21.6. The molecule has 4 rings (SSSR count). The Balaban J connectivity index is 1.79. The largest absolute Gasteiger partial charge is 0.363 e. The van der Waals surface area contributed by atoms with Crippen molar-refractivity contribution in [2.45, 2.75) is 37.8 Å². The highest BCUT2D eigenvalue weighted by Crippen LogP contribution is 2.44. The first-order valence-corrected chi connectivity index (χ1v) is 10.0. The monoisotopic (exact) mass is 484 g/mol. The Kier molecular flexibility index (Phi) is 5.29. The van der Waals surface area contributed by atoms with Gasteiger partial charge in [-0.3, -0.25) is 4.79 Å². The molecule has 10 heteroatoms. The Hall–Kier alpha value is -2.49. The summed E-state index contributed by atoms with van der Waals surface area (Å²) in [6.45, 7) is 0.931. The van der Waals surface area contributed by atoms with Crippen molar-refractivity contribution in [2.24, 2.45) is 0 Å². The van der Waals surface area contributed by atoms with Crippen LogP contribution in [0.5, 0.6) is 0 Å². The summed E-state index contributed by atoms with van der Waals surface area (Å²) in [6.07, 6.45) is 0.883. The number of pyridine rings is 1. The Morgan fingerprint density at radius 1 is 1.27 bits per heavy atom. The van der Waals surface area contributed by atoms with Crippen molar-refractivity contribution in [3.63, 3.8) is 0 Å². The summed E-state index contributed by atoms with van der Waals surface area (Å²) in [4.78, 5) is 21.0. The molecule has 158 valence electrons. The fourth-order valence-electron chi connectivity index (χ4n) is 3.49. The maximum Gasteiger partial charge on any atom is 0.267 e. The predicted molar refractivity (Wildman–Crippen MR) is 108 cm³/mol. The zero-order valence-electron chi connectivity index (χ0n) is 15.8. The summed E-state index contributed by atoms with van der Waals surface area (Å²) in [5.41, 5.74) is -1.58. The highest BCUT2D eigenvalue weighted by atomic mass is 79.9. The average Bonchev–Trinajstić information content (AvgIpc) is 3.52. The summed E-state index contributed by atoms with van der Waals surface area (Å²) in [6, 6.07) is 3.11. The first-order valence-electron chi connectivity index (χ1n) is 9.24. The standard InChI is InChI=1S/C20H17BrF4N4O/c1-10(11-3-2-4-12(15(11)23)17(24)25)28-18-13-7-29(20(8-22)5-6-20)19(30)14(21)16(13)26-9-27-18/h2-4,7,9-10,17H,5-6,8H2,1H3,(H,26,27,28)/t10-/m1/s1. The molecule has 1 aliphatic carbocycles. The van der Waals surface area contributed by atoms with E-state index in [0.717, 1.165) is 6.07 Å². The lowest BCUT2D eigenvalue weighted by atomic mass is 10.0. The predicted octanol–water partition coefficient (Wildman–Crippen LogP) is 5.26. The van der Waals surface area contributed by atoms with Gasteiger partial charge in [-0.2, -0.15) is 0 Å². The second kappa shape index (κ2) is 7.64. The number of halogens is 5. The number of hydrogen-bond acceptors (Lipinski definition) is 4. The molecule has 0 aliphatic heterocycles. The minimum atomic E-state index is -2.93. The third-order valence-electron chi connectivity index (χ3n) is 5.46. The van der Waals surface area contributed by atoms with Crippen LogP contribution in [0.1, 0.15) is 43.4 Å². The molecular formula is C20H17BrF4N4O. The van der Waals surface area contributed by atoms with E-state index in [1.54, 1.807) is 6.92 Å². The Labute approximate surface area is 177 Å². The molecule has 1 aromatic carbocycles. The number of aromatic nitrogens is 3. The molecule has 0 radical (unpaired) electrons. The average molecular weight is 485 g/mol. The molecule has 0 unspecified atom stereocenters. The van der Waals surface area contributed by atoms with E-state index in [4.69, 9.17) is 0 Å². The molecule has 3 aromatic rings. The summed E-state index contributed by atoms with van der Waals surface area (Å²) in [7, 11) is 0. The Morgan fingerprint density at radius 2 is 1.97 bits per heavy atom. The summed E-state index contributed by atoms with van der Waals surface area (Å²) < 4.78 is 55.7. The van der Waals surface area contributed by atoms with Crippen LogP contribution in [0.2, 0.25) is 0 Å². The van der Waals surface area contributed by atoms with Gasteiger partial charge in [-0.15, -0.1) is 0 Å². The van der Waals surface area contributed by atoms with Crippen molar-refractivity contribution >= 4 is 32.7 Å². The van der Waals surface area contributed by atoms with Crippen molar-refractivity contribution in [1.82, 2.24) is 14.5 Å². The molecule has 30 heavy (non-hydrogen) atoms. The number of rotatable bonds is 6. The van der Waals surface area contributed by atoms with Crippen LogP contribution in [0.3, 0.4) is 0 Å². The highest BCUT2D eigenvalue weighted by molar-refractivity contribution is 9.10. The fraction of sp³-hybridized carbons (Fsp3) is 0.350. The molecule has 2 heterocycles. The Morgan fingerprint density at radius 3 is 2.60 bits per heavy atom. The summed E-state index contributed by atoms with van der Waals surface area (Å²) in [5.74, 6) is -0.711.